The summed E-state index contributed by atoms with van der Waals surface area (Å²) in [5.41, 5.74) is 4.72. The molecule has 0 aliphatic carbocycles. The molecule has 1 amide bonds. The second-order valence-corrected chi connectivity index (χ2v) is 4.77. The van der Waals surface area contributed by atoms with Crippen LogP contribution in [0.3, 0.4) is 0 Å². The van der Waals surface area contributed by atoms with Gasteiger partial charge in [0.25, 0.3) is 0 Å². The number of benzene rings is 1. The SMILES string of the molecule is CS(=O)(=O)c1cc(OC(N)=O)ccc1F. The predicted octanol–water partition coefficient (Wildman–Crippen LogP) is 0.687. The highest BCUT2D eigenvalue weighted by Gasteiger charge is 2.15. The number of carbonyl (C=O) groups excluding carboxylic acids is 1. The standard InChI is InChI=1S/C8H8FNO4S/c1-15(12,13)7-4-5(14-8(10)11)2-3-6(7)9/h2-4H,1H3,(H2,10,11). The molecule has 15 heavy (non-hydrogen) atoms. The Morgan fingerprint density at radius 2 is 2.07 bits per heavy atom. The first-order valence-electron chi connectivity index (χ1n) is 3.77. The van der Waals surface area contributed by atoms with Gasteiger partial charge in [0.2, 0.25) is 0 Å². The number of hydrogen-bond acceptors (Lipinski definition) is 4. The van der Waals surface area contributed by atoms with Crippen LogP contribution >= 0.6 is 0 Å². The number of primary amides is 1. The average molecular weight is 233 g/mol. The second-order valence-electron chi connectivity index (χ2n) is 2.79. The van der Waals surface area contributed by atoms with Crippen LogP contribution in [0.5, 0.6) is 5.75 Å². The van der Waals surface area contributed by atoms with Gasteiger partial charge in [0, 0.05) is 12.3 Å². The van der Waals surface area contributed by atoms with Gasteiger partial charge in [-0.05, 0) is 12.1 Å². The molecule has 0 saturated carbocycles. The lowest BCUT2D eigenvalue weighted by molar-refractivity contribution is 0.210. The fourth-order valence-corrected chi connectivity index (χ4v) is 1.70. The van der Waals surface area contributed by atoms with E-state index in [-0.39, 0.29) is 5.75 Å². The third-order valence-corrected chi connectivity index (χ3v) is 2.63. The first kappa shape index (κ1) is 11.4. The Labute approximate surface area is 85.6 Å². The molecule has 0 aliphatic heterocycles. The summed E-state index contributed by atoms with van der Waals surface area (Å²) in [4.78, 5) is 9.83. The maximum atomic E-state index is 13.1. The molecule has 0 aliphatic rings. The van der Waals surface area contributed by atoms with Crippen LogP contribution in [-0.2, 0) is 9.84 Å². The zero-order valence-corrected chi connectivity index (χ0v) is 8.55. The number of carbonyl (C=O) groups is 1. The summed E-state index contributed by atoms with van der Waals surface area (Å²) in [6.45, 7) is 0. The van der Waals surface area contributed by atoms with E-state index in [1.165, 1.54) is 0 Å². The summed E-state index contributed by atoms with van der Waals surface area (Å²) < 4.78 is 39.6. The van der Waals surface area contributed by atoms with Crippen LogP contribution in [0.2, 0.25) is 0 Å². The molecule has 1 aromatic carbocycles. The molecule has 0 spiro atoms. The van der Waals surface area contributed by atoms with Gasteiger partial charge < -0.3 is 10.5 Å². The molecular formula is C8H8FNO4S. The third kappa shape index (κ3) is 2.91. The minimum absolute atomic E-state index is 0.121. The number of nitrogens with two attached hydrogens (primary N) is 1. The van der Waals surface area contributed by atoms with Gasteiger partial charge in [-0.2, -0.15) is 0 Å². The predicted molar refractivity (Wildman–Crippen MR) is 49.7 cm³/mol. The summed E-state index contributed by atoms with van der Waals surface area (Å²) in [6.07, 6.45) is -0.250. The molecule has 82 valence electrons. The quantitative estimate of drug-likeness (QED) is 0.814. The zero-order chi connectivity index (χ0) is 11.6. The number of rotatable bonds is 2. The maximum Gasteiger partial charge on any atom is 0.409 e. The van der Waals surface area contributed by atoms with Crippen LogP contribution in [0.25, 0.3) is 0 Å². The van der Waals surface area contributed by atoms with Crippen molar-refractivity contribution in [2.24, 2.45) is 5.73 Å². The van der Waals surface area contributed by atoms with Gasteiger partial charge in [0.15, 0.2) is 9.84 Å². The van der Waals surface area contributed by atoms with E-state index in [0.717, 1.165) is 24.5 Å². The summed E-state index contributed by atoms with van der Waals surface area (Å²) in [7, 11) is -3.70. The molecule has 0 unspecified atom stereocenters. The fraction of sp³-hybridized carbons (Fsp3) is 0.125. The van der Waals surface area contributed by atoms with Crippen LogP contribution in [0.1, 0.15) is 0 Å². The van der Waals surface area contributed by atoms with Crippen molar-refractivity contribution in [3.8, 4) is 5.75 Å². The molecule has 2 N–H and O–H groups in total. The molecule has 5 nitrogen and oxygen atoms in total. The van der Waals surface area contributed by atoms with Crippen LogP contribution in [0, 0.1) is 5.82 Å². The van der Waals surface area contributed by atoms with Crippen LogP contribution in [-0.4, -0.2) is 20.8 Å². The van der Waals surface area contributed by atoms with E-state index in [2.05, 4.69) is 4.74 Å². The van der Waals surface area contributed by atoms with Gasteiger partial charge in [0.1, 0.15) is 16.5 Å². The average Bonchev–Trinajstić information content (AvgIpc) is 2.05. The Morgan fingerprint density at radius 1 is 1.47 bits per heavy atom. The van der Waals surface area contributed by atoms with Crippen molar-refractivity contribution in [1.29, 1.82) is 0 Å². The molecule has 0 radical (unpaired) electrons. The lowest BCUT2D eigenvalue weighted by Crippen LogP contribution is -2.16. The van der Waals surface area contributed by atoms with Crippen molar-refractivity contribution in [3.05, 3.63) is 24.0 Å². The zero-order valence-electron chi connectivity index (χ0n) is 7.73. The Balaban J connectivity index is 3.23. The van der Waals surface area contributed by atoms with Gasteiger partial charge in [-0.3, -0.25) is 0 Å². The van der Waals surface area contributed by atoms with Gasteiger partial charge in [-0.15, -0.1) is 0 Å². The molecule has 1 aromatic rings. The molecule has 0 heterocycles. The lowest BCUT2D eigenvalue weighted by atomic mass is 10.3. The summed E-state index contributed by atoms with van der Waals surface area (Å²) in [5, 5.41) is 0. The van der Waals surface area contributed by atoms with Crippen LogP contribution in [0.15, 0.2) is 23.1 Å². The van der Waals surface area contributed by atoms with Gasteiger partial charge >= 0.3 is 6.09 Å². The fourth-order valence-electron chi connectivity index (χ4n) is 0.947. The molecule has 0 saturated heterocycles. The lowest BCUT2D eigenvalue weighted by Gasteiger charge is -2.04. The van der Waals surface area contributed by atoms with E-state index >= 15 is 0 Å². The molecule has 0 aromatic heterocycles. The number of halogens is 1. The van der Waals surface area contributed by atoms with Crippen LogP contribution < -0.4 is 10.5 Å². The third-order valence-electron chi connectivity index (χ3n) is 1.52. The minimum atomic E-state index is -3.70. The summed E-state index contributed by atoms with van der Waals surface area (Å²) in [6, 6.07) is 2.89. The smallest absolute Gasteiger partial charge is 0.409 e. The van der Waals surface area contributed by atoms with E-state index < -0.39 is 26.6 Å². The van der Waals surface area contributed by atoms with Crippen molar-refractivity contribution < 1.29 is 22.3 Å². The first-order valence-corrected chi connectivity index (χ1v) is 5.67. The molecule has 0 bridgehead atoms. The van der Waals surface area contributed by atoms with Crippen molar-refractivity contribution in [2.75, 3.05) is 6.26 Å². The highest BCUT2D eigenvalue weighted by molar-refractivity contribution is 7.90. The molecule has 1 rings (SSSR count). The number of sulfone groups is 1. The van der Waals surface area contributed by atoms with Crippen molar-refractivity contribution in [1.82, 2.24) is 0 Å². The van der Waals surface area contributed by atoms with Crippen molar-refractivity contribution in [3.63, 3.8) is 0 Å². The van der Waals surface area contributed by atoms with Gasteiger partial charge in [-0.25, -0.2) is 17.6 Å². The van der Waals surface area contributed by atoms with Crippen LogP contribution in [0.4, 0.5) is 9.18 Å². The Bertz CT molecular complexity index is 497. The maximum absolute atomic E-state index is 13.1. The highest BCUT2D eigenvalue weighted by Crippen LogP contribution is 2.20. The molecular weight excluding hydrogens is 225 g/mol. The Morgan fingerprint density at radius 3 is 2.53 bits per heavy atom. The summed E-state index contributed by atoms with van der Waals surface area (Å²) in [5.74, 6) is -1.03. The second kappa shape index (κ2) is 3.85. The largest absolute Gasteiger partial charge is 0.410 e. The number of hydrogen-bond donors (Lipinski definition) is 1. The van der Waals surface area contributed by atoms with Crippen molar-refractivity contribution in [2.45, 2.75) is 4.90 Å². The van der Waals surface area contributed by atoms with E-state index in [4.69, 9.17) is 5.73 Å². The van der Waals surface area contributed by atoms with Gasteiger partial charge in [0.05, 0.1) is 0 Å². The number of ether oxygens (including phenoxy) is 1. The van der Waals surface area contributed by atoms with E-state index in [1.807, 2.05) is 0 Å². The Kier molecular flexibility index (Phi) is 2.94. The topological polar surface area (TPSA) is 86.5 Å². The van der Waals surface area contributed by atoms with Crippen molar-refractivity contribution >= 4 is 15.9 Å². The first-order chi connectivity index (χ1) is 6.80. The van der Waals surface area contributed by atoms with Gasteiger partial charge in [-0.1, -0.05) is 0 Å². The number of amides is 1. The highest BCUT2D eigenvalue weighted by atomic mass is 32.2. The van der Waals surface area contributed by atoms with E-state index in [0.29, 0.717) is 0 Å². The Hall–Kier alpha value is -1.63. The monoisotopic (exact) mass is 233 g/mol. The molecule has 0 fully saturated rings. The molecule has 7 heteroatoms. The van der Waals surface area contributed by atoms with E-state index in [9.17, 15) is 17.6 Å². The summed E-state index contributed by atoms with van der Waals surface area (Å²) >= 11 is 0. The van der Waals surface area contributed by atoms with E-state index in [1.54, 1.807) is 0 Å². The minimum Gasteiger partial charge on any atom is -0.410 e. The molecule has 0 atom stereocenters. The normalized spacial score (nSPS) is 11.1.